The van der Waals surface area contributed by atoms with Crippen molar-refractivity contribution in [3.05, 3.63) is 305 Å². The molecule has 1 nitrogen and oxygen atoms in total. The normalized spacial score (nSPS) is 14.4. The first-order chi connectivity index (χ1) is 36.2. The lowest BCUT2D eigenvalue weighted by Crippen LogP contribution is -2.32. The number of fused-ring (bicyclic) bond motifs is 21. The Morgan fingerprint density at radius 2 is 0.671 bits per heavy atom. The summed E-state index contributed by atoms with van der Waals surface area (Å²) in [5.41, 5.74) is 20.5. The quantitative estimate of drug-likeness (QED) is 0.162. The van der Waals surface area contributed by atoms with Crippen LogP contribution in [0, 0.1) is 0 Å². The molecule has 3 heteroatoms. The van der Waals surface area contributed by atoms with Gasteiger partial charge in [-0.2, -0.15) is 0 Å². The molecule has 0 amide bonds. The molecule has 0 radical (unpaired) electrons. The van der Waals surface area contributed by atoms with Crippen LogP contribution in [-0.2, 0) is 10.8 Å². The standard InChI is InChI=1S/C70H43NS2/c1-2-18-49-45(17-1)35-36-47-43-46(39-42-50(47)49)44-37-40-48(41-38-44)71(61-29-15-27-59-67(61)51-19-3-5-21-53(51)69(59)55-23-7-11-31-63(55)72-64-32-12-8-24-56(64)69)62-30-16-28-60-68(62)52-20-4-6-22-54(52)70(60)57-25-9-13-33-65(57)73-66-34-14-10-26-58(66)70/h1-43H. The third-order valence-corrected chi connectivity index (χ3v) is 18.7. The lowest BCUT2D eigenvalue weighted by molar-refractivity contribution is 0.722. The molecular formula is C70H43NS2. The Balaban J connectivity index is 0.975. The molecule has 0 fully saturated rings. The van der Waals surface area contributed by atoms with Crippen LogP contribution in [0.3, 0.4) is 0 Å². The summed E-state index contributed by atoms with van der Waals surface area (Å²) in [5.74, 6) is 0. The average molecular weight is 962 g/mol. The molecule has 0 saturated heterocycles. The lowest BCUT2D eigenvalue weighted by Gasteiger charge is -2.40. The molecular weight excluding hydrogens is 919 g/mol. The van der Waals surface area contributed by atoms with E-state index < -0.39 is 10.8 Å². The van der Waals surface area contributed by atoms with Gasteiger partial charge in [0.05, 0.1) is 22.2 Å². The van der Waals surface area contributed by atoms with E-state index in [2.05, 4.69) is 266 Å². The van der Waals surface area contributed by atoms with Crippen LogP contribution in [0.2, 0.25) is 0 Å². The molecule has 16 rings (SSSR count). The predicted molar refractivity (Wildman–Crippen MR) is 304 cm³/mol. The third-order valence-electron chi connectivity index (χ3n) is 16.4. The van der Waals surface area contributed by atoms with E-state index >= 15 is 0 Å². The van der Waals surface area contributed by atoms with E-state index in [1.807, 2.05) is 23.5 Å². The van der Waals surface area contributed by atoms with Crippen molar-refractivity contribution in [2.45, 2.75) is 30.4 Å². The first-order valence-electron chi connectivity index (χ1n) is 25.2. The van der Waals surface area contributed by atoms with Crippen LogP contribution in [-0.4, -0.2) is 0 Å². The fourth-order valence-corrected chi connectivity index (χ4v) is 15.9. The number of benzene rings is 12. The van der Waals surface area contributed by atoms with Gasteiger partial charge in [-0.15, -0.1) is 0 Å². The van der Waals surface area contributed by atoms with Crippen LogP contribution in [0.15, 0.2) is 280 Å². The van der Waals surface area contributed by atoms with Crippen molar-refractivity contribution < 1.29 is 0 Å². The van der Waals surface area contributed by atoms with Gasteiger partial charge in [0.15, 0.2) is 0 Å². The van der Waals surface area contributed by atoms with Gasteiger partial charge in [-0.05, 0) is 143 Å². The fraction of sp³-hybridized carbons (Fsp3) is 0.0286. The van der Waals surface area contributed by atoms with Crippen molar-refractivity contribution in [1.29, 1.82) is 0 Å². The largest absolute Gasteiger partial charge is 0.309 e. The summed E-state index contributed by atoms with van der Waals surface area (Å²) in [5, 5.41) is 5.07. The molecule has 340 valence electrons. The number of nitrogens with zero attached hydrogens (tertiary/aromatic N) is 1. The van der Waals surface area contributed by atoms with E-state index in [1.165, 1.54) is 119 Å². The van der Waals surface area contributed by atoms with E-state index in [9.17, 15) is 0 Å². The van der Waals surface area contributed by atoms with Gasteiger partial charge in [0.2, 0.25) is 0 Å². The summed E-state index contributed by atoms with van der Waals surface area (Å²) in [6.07, 6.45) is 0. The molecule has 0 aromatic heterocycles. The Kier molecular flexibility index (Phi) is 8.81. The average Bonchev–Trinajstić information content (AvgIpc) is 3.94. The van der Waals surface area contributed by atoms with Gasteiger partial charge >= 0.3 is 0 Å². The number of rotatable bonds is 4. The maximum Gasteiger partial charge on any atom is 0.0736 e. The first kappa shape index (κ1) is 41.3. The molecule has 0 atom stereocenters. The first-order valence-corrected chi connectivity index (χ1v) is 26.9. The van der Waals surface area contributed by atoms with E-state index in [0.717, 1.165) is 17.1 Å². The monoisotopic (exact) mass is 961 g/mol. The van der Waals surface area contributed by atoms with Gasteiger partial charge in [0.25, 0.3) is 0 Å². The highest BCUT2D eigenvalue weighted by Gasteiger charge is 2.53. The van der Waals surface area contributed by atoms with Crippen LogP contribution in [0.4, 0.5) is 17.1 Å². The van der Waals surface area contributed by atoms with Crippen molar-refractivity contribution in [2.24, 2.45) is 0 Å². The molecule has 2 heterocycles. The van der Waals surface area contributed by atoms with Gasteiger partial charge in [-0.1, -0.05) is 230 Å². The van der Waals surface area contributed by atoms with Crippen LogP contribution in [0.25, 0.3) is 54.9 Å². The molecule has 0 saturated carbocycles. The molecule has 2 spiro atoms. The molecule has 12 aromatic carbocycles. The lowest BCUT2D eigenvalue weighted by atomic mass is 9.67. The second-order valence-electron chi connectivity index (χ2n) is 19.8. The second kappa shape index (κ2) is 15.6. The van der Waals surface area contributed by atoms with Crippen molar-refractivity contribution in [3.8, 4) is 33.4 Å². The zero-order chi connectivity index (χ0) is 47.8. The summed E-state index contributed by atoms with van der Waals surface area (Å²) in [6, 6.07) is 98.7. The van der Waals surface area contributed by atoms with Gasteiger partial charge < -0.3 is 4.90 Å². The molecule has 0 unspecified atom stereocenters. The van der Waals surface area contributed by atoms with Crippen molar-refractivity contribution in [3.63, 3.8) is 0 Å². The summed E-state index contributed by atoms with van der Waals surface area (Å²) in [4.78, 5) is 7.81. The Hall–Kier alpha value is -8.34. The van der Waals surface area contributed by atoms with E-state index in [4.69, 9.17) is 0 Å². The fourth-order valence-electron chi connectivity index (χ4n) is 13.5. The van der Waals surface area contributed by atoms with Gasteiger partial charge in [0, 0.05) is 36.4 Å². The Morgan fingerprint density at radius 3 is 1.19 bits per heavy atom. The number of hydrogen-bond donors (Lipinski definition) is 0. The highest BCUT2D eigenvalue weighted by atomic mass is 32.2. The number of anilines is 3. The Morgan fingerprint density at radius 1 is 0.274 bits per heavy atom. The van der Waals surface area contributed by atoms with E-state index in [-0.39, 0.29) is 0 Å². The maximum atomic E-state index is 2.60. The molecule has 2 aliphatic carbocycles. The second-order valence-corrected chi connectivity index (χ2v) is 22.0. The highest BCUT2D eigenvalue weighted by Crippen LogP contribution is 2.67. The maximum absolute atomic E-state index is 2.60. The minimum Gasteiger partial charge on any atom is -0.309 e. The topological polar surface area (TPSA) is 3.24 Å². The van der Waals surface area contributed by atoms with Crippen LogP contribution >= 0.6 is 23.5 Å². The molecule has 2 aliphatic heterocycles. The summed E-state index contributed by atoms with van der Waals surface area (Å²) >= 11 is 3.79. The molecule has 0 bridgehead atoms. The van der Waals surface area contributed by atoms with Crippen LogP contribution in [0.1, 0.15) is 44.5 Å². The van der Waals surface area contributed by atoms with Gasteiger partial charge in [-0.3, -0.25) is 0 Å². The summed E-state index contributed by atoms with van der Waals surface area (Å²) in [6.45, 7) is 0. The molecule has 12 aromatic rings. The minimum atomic E-state index is -0.514. The van der Waals surface area contributed by atoms with Gasteiger partial charge in [-0.25, -0.2) is 0 Å². The van der Waals surface area contributed by atoms with Crippen molar-refractivity contribution in [1.82, 2.24) is 0 Å². The van der Waals surface area contributed by atoms with Crippen LogP contribution < -0.4 is 4.90 Å². The van der Waals surface area contributed by atoms with Crippen molar-refractivity contribution in [2.75, 3.05) is 4.90 Å². The number of hydrogen-bond acceptors (Lipinski definition) is 3. The SMILES string of the molecule is c1ccc2c(c1)Sc1ccccc1C21c2ccccc2-c2c(N(c3ccc(-c4ccc5c(ccc6ccccc65)c4)cc3)c3cccc4c3-c3ccccc3C43c4ccccc4Sc4ccccc43)cccc21. The zero-order valence-electron chi connectivity index (χ0n) is 39.6. The summed E-state index contributed by atoms with van der Waals surface area (Å²) < 4.78 is 0. The van der Waals surface area contributed by atoms with Crippen LogP contribution in [0.5, 0.6) is 0 Å². The minimum absolute atomic E-state index is 0.514. The van der Waals surface area contributed by atoms with Crippen molar-refractivity contribution >= 4 is 62.1 Å². The summed E-state index contributed by atoms with van der Waals surface area (Å²) in [7, 11) is 0. The Bertz CT molecular complexity index is 4010. The predicted octanol–water partition coefficient (Wildman–Crippen LogP) is 18.8. The molecule has 0 N–H and O–H groups in total. The molecule has 4 aliphatic rings. The highest BCUT2D eigenvalue weighted by molar-refractivity contribution is 7.99. The zero-order valence-corrected chi connectivity index (χ0v) is 41.2. The van der Waals surface area contributed by atoms with E-state index in [1.54, 1.807) is 0 Å². The Labute approximate surface area is 433 Å². The smallest absolute Gasteiger partial charge is 0.0736 e. The van der Waals surface area contributed by atoms with Gasteiger partial charge in [0.1, 0.15) is 0 Å². The third kappa shape index (κ3) is 5.56. The molecule has 73 heavy (non-hydrogen) atoms. The van der Waals surface area contributed by atoms with E-state index in [0.29, 0.717) is 0 Å².